The Labute approximate surface area is 167 Å². The molecule has 0 N–H and O–H groups in total. The quantitative estimate of drug-likeness (QED) is 0.487. The predicted molar refractivity (Wildman–Crippen MR) is 115 cm³/mol. The van der Waals surface area contributed by atoms with E-state index in [-0.39, 0.29) is 6.10 Å². The summed E-state index contributed by atoms with van der Waals surface area (Å²) in [5.74, 6) is 2.76. The molecule has 0 atom stereocenters. The van der Waals surface area contributed by atoms with Crippen molar-refractivity contribution >= 4 is 16.1 Å². The predicted octanol–water partition coefficient (Wildman–Crippen LogP) is 5.66. The van der Waals surface area contributed by atoms with Gasteiger partial charge in [-0.1, -0.05) is 34.3 Å². The Kier molecular flexibility index (Phi) is 18.1. The van der Waals surface area contributed by atoms with Crippen LogP contribution in [0.2, 0.25) is 0 Å². The standard InChI is InChI=1S/C9H11BO2.C8H7BO2.2C2H6/c1-7(2)11-8-3-5-9(12-10)6-4-8;1-2-10-7-3-5-8(11-9)6-4-7;2*1-2/h3-7H,1-2H3;2-6H,1H2;2*1-2H3. The van der Waals surface area contributed by atoms with Crippen molar-refractivity contribution in [3.05, 3.63) is 61.4 Å². The lowest BCUT2D eigenvalue weighted by molar-refractivity contribution is 0.242. The van der Waals surface area contributed by atoms with Gasteiger partial charge in [0.2, 0.25) is 0 Å². The second-order valence-electron chi connectivity index (χ2n) is 4.63. The fourth-order valence-corrected chi connectivity index (χ4v) is 1.56. The Hall–Kier alpha value is -2.49. The summed E-state index contributed by atoms with van der Waals surface area (Å²) < 4.78 is 19.4. The van der Waals surface area contributed by atoms with Crippen molar-refractivity contribution in [3.8, 4) is 23.0 Å². The first-order valence-corrected chi connectivity index (χ1v) is 8.96. The zero-order chi connectivity index (χ0) is 21.1. The van der Waals surface area contributed by atoms with Gasteiger partial charge in [-0.25, -0.2) is 0 Å². The average Bonchev–Trinajstić information content (AvgIpc) is 2.72. The third-order valence-electron chi connectivity index (χ3n) is 2.51. The molecular formula is C21H30B2O4. The molecule has 0 aromatic heterocycles. The summed E-state index contributed by atoms with van der Waals surface area (Å²) in [5.41, 5.74) is 0. The molecule has 0 bridgehead atoms. The summed E-state index contributed by atoms with van der Waals surface area (Å²) in [6.07, 6.45) is 1.55. The minimum atomic E-state index is 0.189. The second kappa shape index (κ2) is 18.3. The lowest BCUT2D eigenvalue weighted by Crippen LogP contribution is -2.05. The lowest BCUT2D eigenvalue weighted by atomic mass is 10.3. The number of hydrogen-bond donors (Lipinski definition) is 0. The van der Waals surface area contributed by atoms with E-state index in [0.29, 0.717) is 17.2 Å². The molecule has 144 valence electrons. The van der Waals surface area contributed by atoms with Gasteiger partial charge >= 0.3 is 16.1 Å². The Balaban J connectivity index is 0. The molecule has 4 radical (unpaired) electrons. The number of rotatable bonds is 6. The van der Waals surface area contributed by atoms with Gasteiger partial charge in [0.1, 0.15) is 11.5 Å². The van der Waals surface area contributed by atoms with Crippen molar-refractivity contribution in [2.75, 3.05) is 0 Å². The molecule has 0 amide bonds. The fourth-order valence-electron chi connectivity index (χ4n) is 1.56. The van der Waals surface area contributed by atoms with Gasteiger partial charge in [-0.3, -0.25) is 0 Å². The van der Waals surface area contributed by atoms with Gasteiger partial charge in [0.15, 0.2) is 0 Å². The van der Waals surface area contributed by atoms with E-state index >= 15 is 0 Å². The monoisotopic (exact) mass is 368 g/mol. The van der Waals surface area contributed by atoms with E-state index < -0.39 is 0 Å². The van der Waals surface area contributed by atoms with Crippen LogP contribution in [0.15, 0.2) is 61.4 Å². The van der Waals surface area contributed by atoms with Crippen LogP contribution in [0, 0.1) is 0 Å². The zero-order valence-electron chi connectivity index (χ0n) is 17.3. The van der Waals surface area contributed by atoms with Crippen LogP contribution in [0.25, 0.3) is 0 Å². The highest BCUT2D eigenvalue weighted by atomic mass is 16.5. The van der Waals surface area contributed by atoms with Crippen molar-refractivity contribution in [2.45, 2.75) is 47.6 Å². The van der Waals surface area contributed by atoms with Gasteiger partial charge in [0.25, 0.3) is 0 Å². The van der Waals surface area contributed by atoms with Gasteiger partial charge in [0, 0.05) is 0 Å². The summed E-state index contributed by atoms with van der Waals surface area (Å²) in [5, 5.41) is 0. The third-order valence-corrected chi connectivity index (χ3v) is 2.51. The second-order valence-corrected chi connectivity index (χ2v) is 4.63. The van der Waals surface area contributed by atoms with Gasteiger partial charge in [-0.15, -0.1) is 0 Å². The molecule has 0 unspecified atom stereocenters. The number of hydrogen-bond acceptors (Lipinski definition) is 4. The average molecular weight is 368 g/mol. The summed E-state index contributed by atoms with van der Waals surface area (Å²) >= 11 is 0. The molecule has 0 heterocycles. The molecule has 2 rings (SSSR count). The SMILES string of the molecule is CC.CC.[B]Oc1ccc(OC(C)C)cc1.[B]Oc1ccc(OC=C)cc1. The van der Waals surface area contributed by atoms with Crippen LogP contribution < -0.4 is 18.8 Å². The molecule has 4 nitrogen and oxygen atoms in total. The van der Waals surface area contributed by atoms with E-state index in [1.807, 2.05) is 53.7 Å². The van der Waals surface area contributed by atoms with E-state index in [0.717, 1.165) is 5.75 Å². The third kappa shape index (κ3) is 13.4. The molecule has 0 aliphatic carbocycles. The van der Waals surface area contributed by atoms with Crippen molar-refractivity contribution < 1.29 is 18.8 Å². The molecule has 0 saturated heterocycles. The minimum Gasteiger partial charge on any atom is -0.568 e. The molecule has 27 heavy (non-hydrogen) atoms. The van der Waals surface area contributed by atoms with E-state index in [1.165, 1.54) is 6.26 Å². The summed E-state index contributed by atoms with van der Waals surface area (Å²) in [6, 6.07) is 14.1. The fraction of sp³-hybridized carbons (Fsp3) is 0.333. The van der Waals surface area contributed by atoms with Crippen LogP contribution in [0.1, 0.15) is 41.5 Å². The highest BCUT2D eigenvalue weighted by Gasteiger charge is 1.96. The van der Waals surface area contributed by atoms with Gasteiger partial charge in [-0.05, 0) is 62.4 Å². The molecule has 2 aromatic rings. The van der Waals surface area contributed by atoms with E-state index in [2.05, 4.69) is 15.9 Å². The van der Waals surface area contributed by atoms with E-state index in [1.54, 1.807) is 36.4 Å². The van der Waals surface area contributed by atoms with E-state index in [9.17, 15) is 0 Å². The summed E-state index contributed by atoms with van der Waals surface area (Å²) in [4.78, 5) is 0. The Bertz CT molecular complexity index is 570. The van der Waals surface area contributed by atoms with Gasteiger partial charge in [-0.2, -0.15) is 0 Å². The van der Waals surface area contributed by atoms with Crippen molar-refractivity contribution in [2.24, 2.45) is 0 Å². The maximum Gasteiger partial charge on any atom is 0.374 e. The number of benzene rings is 2. The molecule has 0 aliphatic heterocycles. The highest BCUT2D eigenvalue weighted by molar-refractivity contribution is 6.00. The zero-order valence-corrected chi connectivity index (χ0v) is 17.3. The molecule has 0 spiro atoms. The first-order chi connectivity index (χ1) is 13.1. The lowest BCUT2D eigenvalue weighted by Gasteiger charge is -2.09. The van der Waals surface area contributed by atoms with Crippen LogP contribution in [0.3, 0.4) is 0 Å². The van der Waals surface area contributed by atoms with Gasteiger partial charge < -0.3 is 18.8 Å². The van der Waals surface area contributed by atoms with Crippen LogP contribution in [-0.4, -0.2) is 22.2 Å². The highest BCUT2D eigenvalue weighted by Crippen LogP contribution is 2.18. The molecule has 0 aliphatic rings. The summed E-state index contributed by atoms with van der Waals surface area (Å²) in [7, 11) is 9.87. The smallest absolute Gasteiger partial charge is 0.374 e. The summed E-state index contributed by atoms with van der Waals surface area (Å²) in [6.45, 7) is 15.4. The minimum absolute atomic E-state index is 0.189. The topological polar surface area (TPSA) is 36.9 Å². The maximum absolute atomic E-state index is 5.42. The van der Waals surface area contributed by atoms with Crippen molar-refractivity contribution in [1.82, 2.24) is 0 Å². The molecular weight excluding hydrogens is 338 g/mol. The van der Waals surface area contributed by atoms with Crippen molar-refractivity contribution in [1.29, 1.82) is 0 Å². The number of ether oxygens (including phenoxy) is 2. The van der Waals surface area contributed by atoms with Crippen LogP contribution in [0.4, 0.5) is 0 Å². The molecule has 6 heteroatoms. The molecule has 0 fully saturated rings. The first-order valence-electron chi connectivity index (χ1n) is 8.96. The van der Waals surface area contributed by atoms with Crippen molar-refractivity contribution in [3.63, 3.8) is 0 Å². The largest absolute Gasteiger partial charge is 0.568 e. The van der Waals surface area contributed by atoms with Gasteiger partial charge in [0.05, 0.1) is 23.9 Å². The van der Waals surface area contributed by atoms with Crippen LogP contribution in [0.5, 0.6) is 23.0 Å². The Morgan fingerprint density at radius 1 is 0.704 bits per heavy atom. The first kappa shape index (κ1) is 26.7. The normalized spacial score (nSPS) is 8.41. The maximum atomic E-state index is 5.42. The van der Waals surface area contributed by atoms with Crippen LogP contribution >= 0.6 is 0 Å². The Morgan fingerprint density at radius 3 is 1.33 bits per heavy atom. The van der Waals surface area contributed by atoms with E-state index in [4.69, 9.17) is 25.6 Å². The van der Waals surface area contributed by atoms with Crippen LogP contribution in [-0.2, 0) is 0 Å². The molecule has 0 saturated carbocycles. The Morgan fingerprint density at radius 2 is 1.04 bits per heavy atom. The molecule has 2 aromatic carbocycles.